The summed E-state index contributed by atoms with van der Waals surface area (Å²) in [7, 11) is -4.33. The number of thioether (sulfide) groups is 1. The molecule has 1 fully saturated rings. The standard InChI is InChI=1S/C25H20N2O8S2/c1-17-5-4-7-20(15-17)34-14-13-26-24(28)23(36-25(26)29)16-18-6-2-3-8-22(18)35-37(32,33)21-11-9-19(10-12-21)27(30)31/h2-12,15-16H,13-14H2,1H3/b23-16-. The van der Waals surface area contributed by atoms with Gasteiger partial charge in [-0.1, -0.05) is 30.3 Å². The van der Waals surface area contributed by atoms with Gasteiger partial charge in [0, 0.05) is 17.7 Å². The fourth-order valence-electron chi connectivity index (χ4n) is 3.37. The first kappa shape index (κ1) is 25.9. The molecule has 0 unspecified atom stereocenters. The SMILES string of the molecule is Cc1cccc(OCCN2C(=O)S/C(=C\c3ccccc3OS(=O)(=O)c3ccc([N+](=O)[O-])cc3)C2=O)c1. The summed E-state index contributed by atoms with van der Waals surface area (Å²) in [6.45, 7) is 2.08. The normalized spacial score (nSPS) is 14.7. The third kappa shape index (κ3) is 6.16. The van der Waals surface area contributed by atoms with Crippen molar-refractivity contribution in [2.24, 2.45) is 0 Å². The van der Waals surface area contributed by atoms with E-state index in [0.717, 1.165) is 46.5 Å². The van der Waals surface area contributed by atoms with Gasteiger partial charge >= 0.3 is 10.1 Å². The van der Waals surface area contributed by atoms with Crippen molar-refractivity contribution >= 4 is 44.8 Å². The van der Waals surface area contributed by atoms with E-state index >= 15 is 0 Å². The summed E-state index contributed by atoms with van der Waals surface area (Å²) in [5.41, 5.74) is 1.01. The van der Waals surface area contributed by atoms with Crippen LogP contribution in [0.3, 0.4) is 0 Å². The monoisotopic (exact) mass is 540 g/mol. The van der Waals surface area contributed by atoms with Crippen molar-refractivity contribution in [3.63, 3.8) is 0 Å². The van der Waals surface area contributed by atoms with Crippen molar-refractivity contribution in [2.75, 3.05) is 13.2 Å². The molecule has 190 valence electrons. The Kier molecular flexibility index (Phi) is 7.60. The molecule has 1 saturated heterocycles. The van der Waals surface area contributed by atoms with Gasteiger partial charge in [-0.3, -0.25) is 24.6 Å². The minimum Gasteiger partial charge on any atom is -0.492 e. The van der Waals surface area contributed by atoms with Crippen molar-refractivity contribution in [2.45, 2.75) is 11.8 Å². The van der Waals surface area contributed by atoms with Crippen LogP contribution in [0.1, 0.15) is 11.1 Å². The number of nitrogens with zero attached hydrogens (tertiary/aromatic N) is 2. The van der Waals surface area contributed by atoms with Gasteiger partial charge in [-0.15, -0.1) is 0 Å². The third-order valence-electron chi connectivity index (χ3n) is 5.19. The first-order chi connectivity index (χ1) is 17.6. The molecule has 0 saturated carbocycles. The number of benzene rings is 3. The Labute approximate surface area is 216 Å². The zero-order valence-corrected chi connectivity index (χ0v) is 21.0. The van der Waals surface area contributed by atoms with Crippen LogP contribution in [0.4, 0.5) is 10.5 Å². The number of imide groups is 1. The molecule has 37 heavy (non-hydrogen) atoms. The Hall–Kier alpha value is -4.16. The van der Waals surface area contributed by atoms with Gasteiger partial charge in [0.25, 0.3) is 16.8 Å². The van der Waals surface area contributed by atoms with Crippen LogP contribution in [-0.4, -0.2) is 42.5 Å². The number of carbonyl (C=O) groups is 2. The lowest BCUT2D eigenvalue weighted by atomic mass is 10.2. The molecule has 0 spiro atoms. The van der Waals surface area contributed by atoms with Crippen LogP contribution < -0.4 is 8.92 Å². The Morgan fingerprint density at radius 3 is 2.46 bits per heavy atom. The number of para-hydroxylation sites is 1. The second kappa shape index (κ2) is 10.8. The molecular weight excluding hydrogens is 520 g/mol. The summed E-state index contributed by atoms with van der Waals surface area (Å²) >= 11 is 0.727. The molecule has 3 aromatic rings. The molecule has 0 radical (unpaired) electrons. The average Bonchev–Trinajstić information content (AvgIpc) is 3.12. The van der Waals surface area contributed by atoms with Gasteiger partial charge in [0.2, 0.25) is 0 Å². The smallest absolute Gasteiger partial charge is 0.339 e. The van der Waals surface area contributed by atoms with Crippen molar-refractivity contribution in [1.29, 1.82) is 0 Å². The van der Waals surface area contributed by atoms with E-state index in [2.05, 4.69) is 0 Å². The maximum absolute atomic E-state index is 12.9. The van der Waals surface area contributed by atoms with Gasteiger partial charge in [0.15, 0.2) is 0 Å². The topological polar surface area (TPSA) is 133 Å². The summed E-state index contributed by atoms with van der Waals surface area (Å²) in [5.74, 6) is 0.0223. The Bertz CT molecular complexity index is 1500. The van der Waals surface area contributed by atoms with Gasteiger partial charge in [-0.05, 0) is 60.7 Å². The van der Waals surface area contributed by atoms with Gasteiger partial charge in [-0.2, -0.15) is 8.42 Å². The van der Waals surface area contributed by atoms with Crippen LogP contribution in [0, 0.1) is 17.0 Å². The fraction of sp³-hybridized carbons (Fsp3) is 0.120. The highest BCUT2D eigenvalue weighted by Crippen LogP contribution is 2.34. The van der Waals surface area contributed by atoms with Crippen molar-refractivity contribution in [3.8, 4) is 11.5 Å². The van der Waals surface area contributed by atoms with E-state index in [9.17, 15) is 28.1 Å². The molecule has 0 bridgehead atoms. The highest BCUT2D eigenvalue weighted by molar-refractivity contribution is 8.18. The Morgan fingerprint density at radius 1 is 1.03 bits per heavy atom. The average molecular weight is 541 g/mol. The van der Waals surface area contributed by atoms with E-state index in [-0.39, 0.29) is 40.0 Å². The summed E-state index contributed by atoms with van der Waals surface area (Å²) in [6, 6.07) is 17.7. The minimum atomic E-state index is -4.33. The maximum Gasteiger partial charge on any atom is 0.339 e. The van der Waals surface area contributed by atoms with Gasteiger partial charge in [0.1, 0.15) is 23.0 Å². The quantitative estimate of drug-likeness (QED) is 0.163. The predicted molar refractivity (Wildman–Crippen MR) is 137 cm³/mol. The highest BCUT2D eigenvalue weighted by atomic mass is 32.2. The molecule has 3 aromatic carbocycles. The molecule has 2 amide bonds. The number of nitro benzene ring substituents is 1. The van der Waals surface area contributed by atoms with Crippen LogP contribution in [0.5, 0.6) is 11.5 Å². The van der Waals surface area contributed by atoms with E-state index in [1.165, 1.54) is 18.2 Å². The van der Waals surface area contributed by atoms with Crippen LogP contribution in [0.25, 0.3) is 6.08 Å². The molecule has 4 rings (SSSR count). The zero-order valence-electron chi connectivity index (χ0n) is 19.4. The predicted octanol–water partition coefficient (Wildman–Crippen LogP) is 4.79. The zero-order chi connectivity index (χ0) is 26.6. The van der Waals surface area contributed by atoms with Gasteiger partial charge < -0.3 is 8.92 Å². The molecule has 0 N–H and O–H groups in total. The number of non-ortho nitro benzene ring substituents is 1. The molecule has 1 heterocycles. The van der Waals surface area contributed by atoms with E-state index in [0.29, 0.717) is 5.75 Å². The first-order valence-electron chi connectivity index (χ1n) is 10.9. The summed E-state index contributed by atoms with van der Waals surface area (Å²) in [4.78, 5) is 36.4. The molecule has 1 aliphatic rings. The van der Waals surface area contributed by atoms with Crippen LogP contribution in [-0.2, 0) is 14.9 Å². The lowest BCUT2D eigenvalue weighted by Crippen LogP contribution is -2.32. The number of amides is 2. The number of aryl methyl sites for hydroxylation is 1. The van der Waals surface area contributed by atoms with E-state index in [1.54, 1.807) is 18.2 Å². The van der Waals surface area contributed by atoms with Crippen molar-refractivity contribution in [1.82, 2.24) is 4.90 Å². The molecule has 10 nitrogen and oxygen atoms in total. The van der Waals surface area contributed by atoms with Crippen LogP contribution >= 0.6 is 11.8 Å². The van der Waals surface area contributed by atoms with Gasteiger partial charge in [0.05, 0.1) is 16.4 Å². The summed E-state index contributed by atoms with van der Waals surface area (Å²) in [6.07, 6.45) is 1.38. The molecule has 0 aliphatic carbocycles. The van der Waals surface area contributed by atoms with Crippen LogP contribution in [0.15, 0.2) is 82.6 Å². The lowest BCUT2D eigenvalue weighted by molar-refractivity contribution is -0.384. The summed E-state index contributed by atoms with van der Waals surface area (Å²) < 4.78 is 36.4. The second-order valence-electron chi connectivity index (χ2n) is 7.82. The van der Waals surface area contributed by atoms with Crippen molar-refractivity contribution < 1.29 is 31.9 Å². The number of hydrogen-bond donors (Lipinski definition) is 0. The Balaban J connectivity index is 1.48. The molecule has 12 heteroatoms. The molecule has 1 aliphatic heterocycles. The molecule has 0 aromatic heterocycles. The molecular formula is C25H20N2O8S2. The number of hydrogen-bond acceptors (Lipinski definition) is 9. The first-order valence-corrected chi connectivity index (χ1v) is 13.1. The van der Waals surface area contributed by atoms with Crippen LogP contribution in [0.2, 0.25) is 0 Å². The third-order valence-corrected chi connectivity index (χ3v) is 7.34. The molecule has 0 atom stereocenters. The highest BCUT2D eigenvalue weighted by Gasteiger charge is 2.35. The number of carbonyl (C=O) groups excluding carboxylic acids is 2. The van der Waals surface area contributed by atoms with Gasteiger partial charge in [-0.25, -0.2) is 0 Å². The van der Waals surface area contributed by atoms with E-state index in [4.69, 9.17) is 8.92 Å². The van der Waals surface area contributed by atoms with E-state index in [1.807, 2.05) is 25.1 Å². The number of nitro groups is 1. The number of rotatable bonds is 9. The Morgan fingerprint density at radius 2 is 1.76 bits per heavy atom. The lowest BCUT2D eigenvalue weighted by Gasteiger charge is -2.13. The largest absolute Gasteiger partial charge is 0.492 e. The minimum absolute atomic E-state index is 0.0443. The van der Waals surface area contributed by atoms with E-state index < -0.39 is 26.2 Å². The fourth-order valence-corrected chi connectivity index (χ4v) is 5.18. The van der Waals surface area contributed by atoms with Crippen molar-refractivity contribution in [3.05, 3.63) is 98.9 Å². The maximum atomic E-state index is 12.9. The summed E-state index contributed by atoms with van der Waals surface area (Å²) in [5, 5.41) is 10.4. The number of ether oxygens (including phenoxy) is 1. The second-order valence-corrected chi connectivity index (χ2v) is 10.4.